The molecule has 2 aromatic rings. The first-order valence-corrected chi connectivity index (χ1v) is 10.5. The van der Waals surface area contributed by atoms with E-state index in [1.54, 1.807) is 0 Å². The van der Waals surface area contributed by atoms with Gasteiger partial charge in [-0.3, -0.25) is 4.79 Å². The summed E-state index contributed by atoms with van der Waals surface area (Å²) < 4.78 is 0. The lowest BCUT2D eigenvalue weighted by Crippen LogP contribution is -2.37. The summed E-state index contributed by atoms with van der Waals surface area (Å²) in [6.07, 6.45) is 5.39. The summed E-state index contributed by atoms with van der Waals surface area (Å²) in [7, 11) is 0. The molecule has 1 atom stereocenters. The van der Waals surface area contributed by atoms with Crippen molar-refractivity contribution in [1.82, 2.24) is 4.90 Å². The van der Waals surface area contributed by atoms with Gasteiger partial charge in [-0.2, -0.15) is 0 Å². The molecule has 0 bridgehead atoms. The number of piperidine rings is 1. The number of rotatable bonds is 3. The second kappa shape index (κ2) is 9.24. The van der Waals surface area contributed by atoms with Crippen LogP contribution >= 0.6 is 12.4 Å². The zero-order chi connectivity index (χ0) is 18.8. The molecule has 3 heteroatoms. The maximum Gasteiger partial charge on any atom is 0.163 e. The largest absolute Gasteiger partial charge is 0.303 e. The highest BCUT2D eigenvalue weighted by molar-refractivity contribution is 5.98. The van der Waals surface area contributed by atoms with Crippen LogP contribution in [0, 0.1) is 19.8 Å². The van der Waals surface area contributed by atoms with Crippen LogP contribution in [0.1, 0.15) is 64.2 Å². The van der Waals surface area contributed by atoms with Gasteiger partial charge in [-0.05, 0) is 87.2 Å². The number of benzene rings is 2. The van der Waals surface area contributed by atoms with Crippen LogP contribution in [-0.2, 0) is 6.42 Å². The maximum atomic E-state index is 12.9. The molecule has 1 heterocycles. The van der Waals surface area contributed by atoms with E-state index in [0.717, 1.165) is 38.0 Å². The molecule has 0 radical (unpaired) electrons. The van der Waals surface area contributed by atoms with Gasteiger partial charge in [0.1, 0.15) is 0 Å². The molecule has 1 fully saturated rings. The van der Waals surface area contributed by atoms with Crippen molar-refractivity contribution in [1.29, 1.82) is 0 Å². The molecule has 0 spiro atoms. The molecule has 1 aliphatic heterocycles. The Morgan fingerprint density at radius 3 is 2.43 bits per heavy atom. The predicted molar refractivity (Wildman–Crippen MR) is 119 cm³/mol. The summed E-state index contributed by atoms with van der Waals surface area (Å²) in [5, 5.41) is 0. The van der Waals surface area contributed by atoms with E-state index >= 15 is 0 Å². The van der Waals surface area contributed by atoms with E-state index in [4.69, 9.17) is 0 Å². The van der Waals surface area contributed by atoms with E-state index in [1.165, 1.54) is 35.1 Å². The monoisotopic (exact) mass is 397 g/mol. The quantitative estimate of drug-likeness (QED) is 0.615. The number of Topliss-reactive ketones (excluding diaryl/α,β-unsaturated/α-hetero) is 1. The molecular weight excluding hydrogens is 366 g/mol. The average Bonchev–Trinajstić information content (AvgIpc) is 2.82. The van der Waals surface area contributed by atoms with Gasteiger partial charge < -0.3 is 4.90 Å². The number of halogens is 1. The van der Waals surface area contributed by atoms with Gasteiger partial charge in [0, 0.05) is 18.5 Å². The van der Waals surface area contributed by atoms with Crippen molar-refractivity contribution >= 4 is 18.2 Å². The summed E-state index contributed by atoms with van der Waals surface area (Å²) in [4.78, 5) is 15.5. The Morgan fingerprint density at radius 2 is 1.71 bits per heavy atom. The number of carbonyl (C=O) groups is 1. The highest BCUT2D eigenvalue weighted by Crippen LogP contribution is 2.31. The Labute approximate surface area is 175 Å². The van der Waals surface area contributed by atoms with Crippen LogP contribution in [0.15, 0.2) is 42.5 Å². The minimum absolute atomic E-state index is 0. The van der Waals surface area contributed by atoms with Crippen LogP contribution in [0.2, 0.25) is 0 Å². The molecule has 0 N–H and O–H groups in total. The van der Waals surface area contributed by atoms with Crippen molar-refractivity contribution in [2.45, 2.75) is 51.9 Å². The van der Waals surface area contributed by atoms with Crippen molar-refractivity contribution in [2.24, 2.45) is 5.92 Å². The zero-order valence-electron chi connectivity index (χ0n) is 17.1. The second-order valence-electron chi connectivity index (χ2n) is 8.63. The first kappa shape index (κ1) is 21.1. The zero-order valence-corrected chi connectivity index (χ0v) is 17.9. The van der Waals surface area contributed by atoms with Gasteiger partial charge in [-0.1, -0.05) is 42.0 Å². The summed E-state index contributed by atoms with van der Waals surface area (Å²) in [5.41, 5.74) is 6.29. The van der Waals surface area contributed by atoms with Gasteiger partial charge in [-0.15, -0.1) is 12.4 Å². The standard InChI is InChI=1S/C25H31NO.ClH/c1-18-14-19(2)23-9-8-20(16-25(27)24(23)15-18)17-26-12-10-22(11-13-26)21-6-4-3-5-7-21;/h3-7,14-15,20,22H,8-13,16-17H2,1-2H3;1H. The summed E-state index contributed by atoms with van der Waals surface area (Å²) in [5.74, 6) is 1.56. The number of likely N-dealkylation sites (tertiary alicyclic amines) is 1. The van der Waals surface area contributed by atoms with Crippen molar-refractivity contribution in [3.8, 4) is 0 Å². The third kappa shape index (κ3) is 4.67. The Bertz CT molecular complexity index is 809. The third-order valence-electron chi connectivity index (χ3n) is 6.57. The molecule has 150 valence electrons. The highest BCUT2D eigenvalue weighted by Gasteiger charge is 2.27. The molecule has 1 saturated heterocycles. The third-order valence-corrected chi connectivity index (χ3v) is 6.57. The predicted octanol–water partition coefficient (Wildman–Crippen LogP) is 5.74. The Balaban J connectivity index is 0.00000225. The molecule has 0 amide bonds. The number of carbonyl (C=O) groups excluding carboxylic acids is 1. The van der Waals surface area contributed by atoms with Crippen LogP contribution in [0.3, 0.4) is 0 Å². The SMILES string of the molecule is Cc1cc(C)c2c(c1)C(=O)CC(CN1CCC(c3ccccc3)CC1)CC2.Cl. The molecule has 1 unspecified atom stereocenters. The molecule has 0 saturated carbocycles. The van der Waals surface area contributed by atoms with E-state index < -0.39 is 0 Å². The van der Waals surface area contributed by atoms with Gasteiger partial charge in [0.05, 0.1) is 0 Å². The molecule has 1 aliphatic carbocycles. The maximum absolute atomic E-state index is 12.9. The van der Waals surface area contributed by atoms with Crippen molar-refractivity contribution < 1.29 is 4.79 Å². The lowest BCUT2D eigenvalue weighted by atomic mass is 9.88. The van der Waals surface area contributed by atoms with E-state index in [0.29, 0.717) is 24.0 Å². The minimum Gasteiger partial charge on any atom is -0.303 e. The summed E-state index contributed by atoms with van der Waals surface area (Å²) in [6.45, 7) is 7.66. The fourth-order valence-electron chi connectivity index (χ4n) is 5.10. The molecule has 4 rings (SSSR count). The Kier molecular flexibility index (Phi) is 6.95. The van der Waals surface area contributed by atoms with Gasteiger partial charge in [0.2, 0.25) is 0 Å². The van der Waals surface area contributed by atoms with E-state index in [1.807, 2.05) is 0 Å². The molecule has 28 heavy (non-hydrogen) atoms. The molecule has 2 aromatic carbocycles. The first-order valence-electron chi connectivity index (χ1n) is 10.5. The molecule has 2 aliphatic rings. The van der Waals surface area contributed by atoms with Crippen molar-refractivity contribution in [3.05, 3.63) is 70.3 Å². The minimum atomic E-state index is 0. The number of aryl methyl sites for hydroxylation is 2. The number of ketones is 1. The summed E-state index contributed by atoms with van der Waals surface area (Å²) in [6, 6.07) is 15.3. The van der Waals surface area contributed by atoms with Crippen LogP contribution < -0.4 is 0 Å². The smallest absolute Gasteiger partial charge is 0.163 e. The second-order valence-corrected chi connectivity index (χ2v) is 8.63. The number of fused-ring (bicyclic) bond motifs is 1. The number of nitrogens with zero attached hydrogens (tertiary/aromatic N) is 1. The topological polar surface area (TPSA) is 20.3 Å². The van der Waals surface area contributed by atoms with E-state index in [-0.39, 0.29) is 12.4 Å². The summed E-state index contributed by atoms with van der Waals surface area (Å²) >= 11 is 0. The first-order chi connectivity index (χ1) is 13.1. The van der Waals surface area contributed by atoms with Crippen LogP contribution in [0.4, 0.5) is 0 Å². The lowest BCUT2D eigenvalue weighted by Gasteiger charge is -2.34. The number of hydrogen-bond acceptors (Lipinski definition) is 2. The van der Waals surface area contributed by atoms with Crippen LogP contribution in [-0.4, -0.2) is 30.3 Å². The molecular formula is C25H32ClNO. The average molecular weight is 398 g/mol. The van der Waals surface area contributed by atoms with Gasteiger partial charge in [-0.25, -0.2) is 0 Å². The molecule has 0 aromatic heterocycles. The van der Waals surface area contributed by atoms with Crippen molar-refractivity contribution in [3.63, 3.8) is 0 Å². The fourth-order valence-corrected chi connectivity index (χ4v) is 5.10. The van der Waals surface area contributed by atoms with Crippen molar-refractivity contribution in [2.75, 3.05) is 19.6 Å². The van der Waals surface area contributed by atoms with Gasteiger partial charge in [0.15, 0.2) is 5.78 Å². The normalized spacial score (nSPS) is 20.9. The highest BCUT2D eigenvalue weighted by atomic mass is 35.5. The van der Waals surface area contributed by atoms with Crippen LogP contribution in [0.25, 0.3) is 0 Å². The lowest BCUT2D eigenvalue weighted by molar-refractivity contribution is 0.0941. The Hall–Kier alpha value is -1.64. The van der Waals surface area contributed by atoms with Crippen LogP contribution in [0.5, 0.6) is 0 Å². The van der Waals surface area contributed by atoms with E-state index in [9.17, 15) is 4.79 Å². The molecule has 2 nitrogen and oxygen atoms in total. The van der Waals surface area contributed by atoms with Gasteiger partial charge >= 0.3 is 0 Å². The fraction of sp³-hybridized carbons (Fsp3) is 0.480. The Morgan fingerprint density at radius 1 is 1.00 bits per heavy atom. The number of hydrogen-bond donors (Lipinski definition) is 0. The van der Waals surface area contributed by atoms with Gasteiger partial charge in [0.25, 0.3) is 0 Å². The van der Waals surface area contributed by atoms with E-state index in [2.05, 4.69) is 61.2 Å².